The van der Waals surface area contributed by atoms with Crippen LogP contribution in [0.15, 0.2) is 33.9 Å². The van der Waals surface area contributed by atoms with Crippen LogP contribution >= 0.6 is 0 Å². The zero-order valence-corrected chi connectivity index (χ0v) is 18.1. The van der Waals surface area contributed by atoms with E-state index >= 15 is 0 Å². The number of hydrogen-bond donors (Lipinski definition) is 2. The number of aryl methyl sites for hydroxylation is 2. The van der Waals surface area contributed by atoms with Gasteiger partial charge in [0, 0.05) is 24.0 Å². The van der Waals surface area contributed by atoms with E-state index in [1.807, 2.05) is 26.0 Å². The molecule has 0 aromatic carbocycles. The van der Waals surface area contributed by atoms with Gasteiger partial charge in [-0.05, 0) is 62.8 Å². The zero-order valence-electron chi connectivity index (χ0n) is 18.1. The number of aromatic nitrogens is 2. The Morgan fingerprint density at radius 3 is 1.30 bits per heavy atom. The molecule has 0 atom stereocenters. The van der Waals surface area contributed by atoms with Gasteiger partial charge in [-0.3, -0.25) is 9.59 Å². The fourth-order valence-corrected chi connectivity index (χ4v) is 4.82. The van der Waals surface area contributed by atoms with Gasteiger partial charge in [0.15, 0.2) is 0 Å². The van der Waals surface area contributed by atoms with E-state index in [1.54, 1.807) is 0 Å². The van der Waals surface area contributed by atoms with Crippen LogP contribution in [0, 0.1) is 13.8 Å². The molecule has 6 nitrogen and oxygen atoms in total. The number of rotatable bonds is 2. The summed E-state index contributed by atoms with van der Waals surface area (Å²) in [4.78, 5) is 22.8. The average molecular weight is 415 g/mol. The van der Waals surface area contributed by atoms with E-state index < -0.39 is 0 Å². The normalized spacial score (nSPS) is 17.9. The highest BCUT2D eigenvalue weighted by molar-refractivity contribution is 5.20. The van der Waals surface area contributed by atoms with Gasteiger partial charge in [0.05, 0.1) is 11.4 Å². The number of nitrogens with zero attached hydrogens (tertiary/aromatic N) is 2. The van der Waals surface area contributed by atoms with Crippen molar-refractivity contribution in [2.45, 2.75) is 89.9 Å². The van der Waals surface area contributed by atoms with Crippen LogP contribution < -0.4 is 11.1 Å². The molecule has 0 amide bonds. The fourth-order valence-electron chi connectivity index (χ4n) is 4.82. The molecule has 164 valence electrons. The lowest BCUT2D eigenvalue weighted by atomic mass is 9.86. The minimum absolute atomic E-state index is 0.310. The third kappa shape index (κ3) is 5.35. The molecule has 0 aliphatic heterocycles. The first-order valence-corrected chi connectivity index (χ1v) is 11.2. The number of hydrogen-bond acceptors (Lipinski definition) is 4. The first-order valence-electron chi connectivity index (χ1n) is 11.2. The Balaban J connectivity index is 0.000000171. The lowest BCUT2D eigenvalue weighted by molar-refractivity contribution is 0.156. The Hall–Kier alpha value is -2.50. The third-order valence-electron chi connectivity index (χ3n) is 6.41. The molecule has 2 saturated carbocycles. The minimum atomic E-state index is -0.310. The van der Waals surface area contributed by atoms with Gasteiger partial charge in [0.2, 0.25) is 0 Å². The van der Waals surface area contributed by atoms with Crippen molar-refractivity contribution in [3.8, 4) is 0 Å². The highest BCUT2D eigenvalue weighted by Gasteiger charge is 2.20. The third-order valence-corrected chi connectivity index (χ3v) is 6.41. The summed E-state index contributed by atoms with van der Waals surface area (Å²) < 4.78 is 1.64. The molecule has 0 bridgehead atoms. The van der Waals surface area contributed by atoms with Gasteiger partial charge in [-0.1, -0.05) is 38.5 Å². The van der Waals surface area contributed by atoms with E-state index in [1.165, 1.54) is 50.7 Å². The molecule has 2 N–H and O–H groups in total. The van der Waals surface area contributed by atoms with Crippen molar-refractivity contribution in [1.82, 2.24) is 9.46 Å². The van der Waals surface area contributed by atoms with E-state index in [4.69, 9.17) is 0 Å². The molecule has 0 spiro atoms. The van der Waals surface area contributed by atoms with Crippen LogP contribution in [0.4, 0.5) is 0 Å². The highest BCUT2D eigenvalue weighted by Crippen LogP contribution is 2.32. The second kappa shape index (κ2) is 10.0. The molecule has 2 fully saturated rings. The van der Waals surface area contributed by atoms with E-state index in [2.05, 4.69) is 0 Å². The molecular weight excluding hydrogens is 380 g/mol. The van der Waals surface area contributed by atoms with Crippen LogP contribution in [0.1, 0.15) is 98.6 Å². The molecule has 2 aromatic rings. The zero-order chi connectivity index (χ0) is 21.7. The summed E-state index contributed by atoms with van der Waals surface area (Å²) in [5, 5.41) is 19.4. The van der Waals surface area contributed by atoms with Gasteiger partial charge in [-0.2, -0.15) is 9.46 Å². The maximum atomic E-state index is 11.4. The lowest BCUT2D eigenvalue weighted by Crippen LogP contribution is -2.23. The van der Waals surface area contributed by atoms with E-state index in [0.29, 0.717) is 11.8 Å². The van der Waals surface area contributed by atoms with E-state index in [0.717, 1.165) is 57.7 Å². The number of pyridine rings is 2. The van der Waals surface area contributed by atoms with Gasteiger partial charge >= 0.3 is 0 Å². The molecule has 2 aliphatic carbocycles. The van der Waals surface area contributed by atoms with Gasteiger partial charge < -0.3 is 10.4 Å². The molecule has 0 unspecified atom stereocenters. The predicted octanol–water partition coefficient (Wildman–Crippen LogP) is 4.88. The minimum Gasteiger partial charge on any atom is -0.425 e. The molecule has 30 heavy (non-hydrogen) atoms. The lowest BCUT2D eigenvalue weighted by Gasteiger charge is -2.22. The molecule has 2 aliphatic rings. The molecule has 4 rings (SSSR count). The van der Waals surface area contributed by atoms with Crippen molar-refractivity contribution in [1.29, 1.82) is 0 Å². The Labute approximate surface area is 177 Å². The van der Waals surface area contributed by atoms with Crippen molar-refractivity contribution < 1.29 is 10.4 Å². The molecule has 6 heteroatoms. The molecule has 0 saturated heterocycles. The average Bonchev–Trinajstić information content (AvgIpc) is 2.75. The van der Waals surface area contributed by atoms with Gasteiger partial charge in [0.25, 0.3) is 11.1 Å². The molecule has 2 heterocycles. The summed E-state index contributed by atoms with van der Waals surface area (Å²) in [5.74, 6) is 0.715. The smallest absolute Gasteiger partial charge is 0.283 e. The Bertz CT molecular complexity index is 885. The maximum Gasteiger partial charge on any atom is 0.283 e. The molecule has 0 radical (unpaired) electrons. The predicted molar refractivity (Wildman–Crippen MR) is 117 cm³/mol. The largest absolute Gasteiger partial charge is 0.425 e. The highest BCUT2D eigenvalue weighted by atomic mass is 16.5. The summed E-state index contributed by atoms with van der Waals surface area (Å²) >= 11 is 0. The summed E-state index contributed by atoms with van der Waals surface area (Å²) in [7, 11) is 0. The van der Waals surface area contributed by atoms with Crippen LogP contribution in [-0.4, -0.2) is 19.9 Å². The SMILES string of the molecule is Cc1cc(C2CCCCC2)n(O)c(=O)c1.Cc1cc(C2CCCCC2)n(O)c(=O)c1. The first-order chi connectivity index (χ1) is 14.4. The van der Waals surface area contributed by atoms with Gasteiger partial charge in [-0.25, -0.2) is 0 Å². The molecule has 2 aromatic heterocycles. The fraction of sp³-hybridized carbons (Fsp3) is 0.583. The van der Waals surface area contributed by atoms with Crippen molar-refractivity contribution >= 4 is 0 Å². The standard InChI is InChI=1S/2C12H17NO2/c2*1-9-7-11(13(15)12(14)8-9)10-5-3-2-4-6-10/h2*7-8,10,15H,2-6H2,1H3. The Kier molecular flexibility index (Phi) is 7.40. The van der Waals surface area contributed by atoms with Crippen LogP contribution in [0.5, 0.6) is 0 Å². The van der Waals surface area contributed by atoms with Crippen molar-refractivity contribution in [3.63, 3.8) is 0 Å². The monoisotopic (exact) mass is 414 g/mol. The van der Waals surface area contributed by atoms with E-state index in [-0.39, 0.29) is 11.1 Å². The van der Waals surface area contributed by atoms with Crippen molar-refractivity contribution in [3.05, 3.63) is 67.5 Å². The van der Waals surface area contributed by atoms with Crippen LogP contribution in [0.2, 0.25) is 0 Å². The van der Waals surface area contributed by atoms with Crippen molar-refractivity contribution in [2.75, 3.05) is 0 Å². The van der Waals surface area contributed by atoms with Gasteiger partial charge in [-0.15, -0.1) is 0 Å². The summed E-state index contributed by atoms with van der Waals surface area (Å²) in [6.07, 6.45) is 11.7. The summed E-state index contributed by atoms with van der Waals surface area (Å²) in [5.41, 5.74) is 2.84. The first kappa shape index (κ1) is 22.2. The van der Waals surface area contributed by atoms with Crippen molar-refractivity contribution in [2.24, 2.45) is 0 Å². The van der Waals surface area contributed by atoms with Crippen LogP contribution in [0.25, 0.3) is 0 Å². The summed E-state index contributed by atoms with van der Waals surface area (Å²) in [6, 6.07) is 6.79. The van der Waals surface area contributed by atoms with E-state index in [9.17, 15) is 20.0 Å². The Morgan fingerprint density at radius 2 is 0.967 bits per heavy atom. The Morgan fingerprint density at radius 1 is 0.633 bits per heavy atom. The quantitative estimate of drug-likeness (QED) is 0.686. The summed E-state index contributed by atoms with van der Waals surface area (Å²) in [6.45, 7) is 3.79. The van der Waals surface area contributed by atoms with Crippen LogP contribution in [-0.2, 0) is 0 Å². The topological polar surface area (TPSA) is 84.5 Å². The van der Waals surface area contributed by atoms with Crippen LogP contribution in [0.3, 0.4) is 0 Å². The maximum absolute atomic E-state index is 11.4. The molecular formula is C24H34N2O4. The van der Waals surface area contributed by atoms with Gasteiger partial charge in [0.1, 0.15) is 0 Å². The second-order valence-electron chi connectivity index (χ2n) is 8.89. The second-order valence-corrected chi connectivity index (χ2v) is 8.89.